The van der Waals surface area contributed by atoms with Gasteiger partial charge in [0.05, 0.1) is 0 Å². The minimum atomic E-state index is 0.298. The molecule has 1 aliphatic carbocycles. The zero-order valence-electron chi connectivity index (χ0n) is 11.6. The second-order valence-electron chi connectivity index (χ2n) is 5.49. The average Bonchev–Trinajstić information content (AvgIpc) is 2.93. The maximum Gasteiger partial charge on any atom is 0.0482 e. The molecule has 1 aliphatic rings. The molecule has 0 aliphatic heterocycles. The number of nitrogens with zero attached hydrogens (tertiary/aromatic N) is 1. The Labute approximate surface area is 120 Å². The normalized spacial score (nSPS) is 18.8. The van der Waals surface area contributed by atoms with E-state index in [1.165, 1.54) is 16.8 Å². The maximum absolute atomic E-state index is 5.80. The molecule has 0 saturated carbocycles. The van der Waals surface area contributed by atoms with E-state index in [9.17, 15) is 0 Å². The summed E-state index contributed by atoms with van der Waals surface area (Å²) >= 11 is 0. The molecule has 1 heterocycles. The third-order valence-electron chi connectivity index (χ3n) is 4.29. The van der Waals surface area contributed by atoms with Crippen molar-refractivity contribution in [1.29, 1.82) is 0 Å². The number of fused-ring (bicyclic) bond motifs is 1. The van der Waals surface area contributed by atoms with Crippen LogP contribution in [0, 0.1) is 0 Å². The summed E-state index contributed by atoms with van der Waals surface area (Å²) in [5.41, 5.74) is 7.01. The molecule has 0 spiro atoms. The van der Waals surface area contributed by atoms with E-state index in [1.54, 1.807) is 0 Å². The van der Waals surface area contributed by atoms with Crippen molar-refractivity contribution in [3.63, 3.8) is 0 Å². The lowest BCUT2D eigenvalue weighted by atomic mass is 9.92. The Hall–Kier alpha value is -1.71. The van der Waals surface area contributed by atoms with Crippen molar-refractivity contribution in [2.45, 2.75) is 37.6 Å². The second-order valence-corrected chi connectivity index (χ2v) is 5.49. The largest absolute Gasteiger partial charge is 0.271 e. The topological polar surface area (TPSA) is 50.9 Å². The average molecular weight is 267 g/mol. The monoisotopic (exact) mass is 267 g/mol. The van der Waals surface area contributed by atoms with E-state index in [4.69, 9.17) is 5.84 Å². The molecule has 0 bridgehead atoms. The van der Waals surface area contributed by atoms with Gasteiger partial charge in [0, 0.05) is 23.9 Å². The fourth-order valence-corrected chi connectivity index (χ4v) is 3.20. The van der Waals surface area contributed by atoms with E-state index >= 15 is 0 Å². The number of hydrogen-bond donors (Lipinski definition) is 2. The number of hydrazine groups is 1. The molecule has 3 nitrogen and oxygen atoms in total. The van der Waals surface area contributed by atoms with Gasteiger partial charge in [-0.3, -0.25) is 16.3 Å². The van der Waals surface area contributed by atoms with Crippen LogP contribution >= 0.6 is 0 Å². The molecule has 1 aromatic heterocycles. The van der Waals surface area contributed by atoms with Crippen LogP contribution < -0.4 is 11.3 Å². The Bertz CT molecular complexity index is 553. The van der Waals surface area contributed by atoms with Gasteiger partial charge >= 0.3 is 0 Å². The highest BCUT2D eigenvalue weighted by atomic mass is 15.2. The summed E-state index contributed by atoms with van der Waals surface area (Å²) in [6.45, 7) is 0. The number of aromatic nitrogens is 1. The number of nitrogens with one attached hydrogen (secondary N) is 1. The predicted octanol–water partition coefficient (Wildman–Crippen LogP) is 2.58. The Morgan fingerprint density at radius 1 is 1.20 bits per heavy atom. The number of nitrogens with two attached hydrogens (primary N) is 1. The number of benzene rings is 1. The third-order valence-corrected chi connectivity index (χ3v) is 4.29. The molecule has 1 aromatic carbocycles. The van der Waals surface area contributed by atoms with E-state index in [0.29, 0.717) is 12.0 Å². The molecule has 0 saturated heterocycles. The van der Waals surface area contributed by atoms with Crippen LogP contribution in [0.4, 0.5) is 0 Å². The Morgan fingerprint density at radius 3 is 2.85 bits per heavy atom. The second kappa shape index (κ2) is 6.16. The van der Waals surface area contributed by atoms with Crippen LogP contribution in [0.15, 0.2) is 48.7 Å². The molecule has 2 aromatic rings. The number of rotatable bonds is 5. The molecular formula is C17H21N3. The van der Waals surface area contributed by atoms with Crippen LogP contribution in [-0.2, 0) is 12.8 Å². The smallest absolute Gasteiger partial charge is 0.0482 e. The summed E-state index contributed by atoms with van der Waals surface area (Å²) in [5.74, 6) is 6.24. The standard InChI is InChI=1S/C17H21N3/c18-20-16(11-8-13-5-2-1-3-6-13)15-10-9-14-7-4-12-19-17(14)15/h1-7,12,15-16,20H,8-11,18H2. The summed E-state index contributed by atoms with van der Waals surface area (Å²) in [7, 11) is 0. The van der Waals surface area contributed by atoms with Crippen LogP contribution in [0.1, 0.15) is 35.6 Å². The molecule has 0 radical (unpaired) electrons. The van der Waals surface area contributed by atoms with Gasteiger partial charge in [-0.15, -0.1) is 0 Å². The van der Waals surface area contributed by atoms with E-state index in [-0.39, 0.29) is 0 Å². The minimum absolute atomic E-state index is 0.298. The van der Waals surface area contributed by atoms with Gasteiger partial charge in [0.25, 0.3) is 0 Å². The lowest BCUT2D eigenvalue weighted by Gasteiger charge is -2.23. The number of pyridine rings is 1. The highest BCUT2D eigenvalue weighted by molar-refractivity contribution is 5.30. The quantitative estimate of drug-likeness (QED) is 0.646. The van der Waals surface area contributed by atoms with E-state index in [0.717, 1.165) is 25.7 Å². The van der Waals surface area contributed by atoms with Gasteiger partial charge in [0.1, 0.15) is 0 Å². The van der Waals surface area contributed by atoms with Gasteiger partial charge in [-0.25, -0.2) is 0 Å². The van der Waals surface area contributed by atoms with Crippen molar-refractivity contribution >= 4 is 0 Å². The zero-order valence-corrected chi connectivity index (χ0v) is 11.6. The van der Waals surface area contributed by atoms with Gasteiger partial charge in [0.2, 0.25) is 0 Å². The summed E-state index contributed by atoms with van der Waals surface area (Å²) < 4.78 is 0. The van der Waals surface area contributed by atoms with E-state index in [2.05, 4.69) is 46.8 Å². The van der Waals surface area contributed by atoms with Crippen molar-refractivity contribution in [2.24, 2.45) is 5.84 Å². The molecule has 2 atom stereocenters. The van der Waals surface area contributed by atoms with Gasteiger partial charge < -0.3 is 0 Å². The molecule has 3 rings (SSSR count). The van der Waals surface area contributed by atoms with Crippen molar-refractivity contribution in [2.75, 3.05) is 0 Å². The molecule has 20 heavy (non-hydrogen) atoms. The fourth-order valence-electron chi connectivity index (χ4n) is 3.20. The molecule has 3 N–H and O–H groups in total. The summed E-state index contributed by atoms with van der Waals surface area (Å²) in [5, 5.41) is 0. The van der Waals surface area contributed by atoms with E-state index in [1.807, 2.05) is 12.3 Å². The first kappa shape index (κ1) is 13.3. The van der Waals surface area contributed by atoms with Crippen molar-refractivity contribution in [1.82, 2.24) is 10.4 Å². The van der Waals surface area contributed by atoms with Crippen LogP contribution in [0.5, 0.6) is 0 Å². The summed E-state index contributed by atoms with van der Waals surface area (Å²) in [6.07, 6.45) is 6.25. The van der Waals surface area contributed by atoms with Crippen molar-refractivity contribution in [3.8, 4) is 0 Å². The predicted molar refractivity (Wildman–Crippen MR) is 81.2 cm³/mol. The maximum atomic E-state index is 5.80. The molecule has 104 valence electrons. The first-order chi connectivity index (χ1) is 9.88. The highest BCUT2D eigenvalue weighted by Gasteiger charge is 2.29. The van der Waals surface area contributed by atoms with Crippen LogP contribution in [0.25, 0.3) is 0 Å². The number of aryl methyl sites for hydroxylation is 2. The first-order valence-corrected chi connectivity index (χ1v) is 7.32. The van der Waals surface area contributed by atoms with Crippen LogP contribution in [0.3, 0.4) is 0 Å². The molecule has 2 unspecified atom stereocenters. The molecule has 3 heteroatoms. The van der Waals surface area contributed by atoms with Gasteiger partial charge in [-0.05, 0) is 42.9 Å². The minimum Gasteiger partial charge on any atom is -0.271 e. The van der Waals surface area contributed by atoms with Gasteiger partial charge in [0.15, 0.2) is 0 Å². The Balaban J connectivity index is 1.69. The van der Waals surface area contributed by atoms with Crippen molar-refractivity contribution in [3.05, 3.63) is 65.5 Å². The third kappa shape index (κ3) is 2.74. The SMILES string of the molecule is NNC(CCc1ccccc1)C1CCc2cccnc21. The Kier molecular flexibility index (Phi) is 4.09. The summed E-state index contributed by atoms with van der Waals surface area (Å²) in [4.78, 5) is 4.57. The van der Waals surface area contributed by atoms with Gasteiger partial charge in [-0.2, -0.15) is 0 Å². The summed E-state index contributed by atoms with van der Waals surface area (Å²) in [6, 6.07) is 15.1. The van der Waals surface area contributed by atoms with Crippen LogP contribution in [-0.4, -0.2) is 11.0 Å². The lowest BCUT2D eigenvalue weighted by Crippen LogP contribution is -2.39. The lowest BCUT2D eigenvalue weighted by molar-refractivity contribution is 0.408. The van der Waals surface area contributed by atoms with E-state index < -0.39 is 0 Å². The van der Waals surface area contributed by atoms with Gasteiger partial charge in [-0.1, -0.05) is 36.4 Å². The first-order valence-electron chi connectivity index (χ1n) is 7.32. The molecule has 0 amide bonds. The Morgan fingerprint density at radius 2 is 2.05 bits per heavy atom. The zero-order chi connectivity index (χ0) is 13.8. The van der Waals surface area contributed by atoms with Crippen LogP contribution in [0.2, 0.25) is 0 Å². The highest BCUT2D eigenvalue weighted by Crippen LogP contribution is 2.34. The number of hydrogen-bond acceptors (Lipinski definition) is 3. The fraction of sp³-hybridized carbons (Fsp3) is 0.353. The van der Waals surface area contributed by atoms with Crippen molar-refractivity contribution < 1.29 is 0 Å². The molecular weight excluding hydrogens is 246 g/mol. The molecule has 0 fully saturated rings.